The zero-order chi connectivity index (χ0) is 45.6. The van der Waals surface area contributed by atoms with Crippen molar-refractivity contribution in [1.82, 2.24) is 29.0 Å². The van der Waals surface area contributed by atoms with Crippen molar-refractivity contribution in [1.29, 1.82) is 0 Å². The van der Waals surface area contributed by atoms with Gasteiger partial charge >= 0.3 is 12.2 Å². The summed E-state index contributed by atoms with van der Waals surface area (Å²) in [6.07, 6.45) is 5.72. The van der Waals surface area contributed by atoms with E-state index >= 15 is 0 Å². The highest BCUT2D eigenvalue weighted by atomic mass is 79.9. The number of hydrogen-bond donors (Lipinski definition) is 4. The van der Waals surface area contributed by atoms with Crippen molar-refractivity contribution in [2.45, 2.75) is 53.0 Å². The Hall–Kier alpha value is -5.69. The van der Waals surface area contributed by atoms with Gasteiger partial charge in [0.1, 0.15) is 13.2 Å². The average molecular weight is 1010 g/mol. The number of nitrogens with two attached hydrogens (primary N) is 3. The van der Waals surface area contributed by atoms with Crippen LogP contribution in [0.5, 0.6) is 0 Å². The summed E-state index contributed by atoms with van der Waals surface area (Å²) >= 11 is 12.7. The number of aromatic nitrogens is 4. The topological polar surface area (TPSA) is 218 Å². The van der Waals surface area contributed by atoms with Crippen molar-refractivity contribution >= 4 is 84.2 Å². The smallest absolute Gasteiger partial charge is 0.410 e. The fourth-order valence-electron chi connectivity index (χ4n) is 7.14. The second kappa shape index (κ2) is 19.8. The number of halogens is 3. The van der Waals surface area contributed by atoms with Gasteiger partial charge in [-0.2, -0.15) is 10.2 Å². The summed E-state index contributed by atoms with van der Waals surface area (Å²) in [7, 11) is 0. The number of rotatable bonds is 8. The van der Waals surface area contributed by atoms with E-state index in [1.807, 2.05) is 66.7 Å². The number of amides is 4. The Morgan fingerprint density at radius 3 is 1.68 bits per heavy atom. The Morgan fingerprint density at radius 1 is 0.730 bits per heavy atom. The fourth-order valence-corrected chi connectivity index (χ4v) is 8.24. The van der Waals surface area contributed by atoms with E-state index < -0.39 is 11.8 Å². The number of ether oxygens (including phenoxy) is 2. The molecule has 16 nitrogen and oxygen atoms in total. The minimum atomic E-state index is -0.581. The second-order valence-corrected chi connectivity index (χ2v) is 18.8. The van der Waals surface area contributed by atoms with E-state index in [9.17, 15) is 19.2 Å². The van der Waals surface area contributed by atoms with Gasteiger partial charge < -0.3 is 41.8 Å². The van der Waals surface area contributed by atoms with Gasteiger partial charge in [0.2, 0.25) is 0 Å². The molecule has 63 heavy (non-hydrogen) atoms. The molecule has 6 heterocycles. The molecule has 0 spiro atoms. The normalized spacial score (nSPS) is 17.3. The molecule has 7 N–H and O–H groups in total. The molecule has 2 atom stereocenters. The first kappa shape index (κ1) is 46.8. The third-order valence-corrected chi connectivity index (χ3v) is 12.1. The molecular formula is C44H49Br2ClN10O6. The summed E-state index contributed by atoms with van der Waals surface area (Å²) < 4.78 is 15.7. The van der Waals surface area contributed by atoms with Gasteiger partial charge in [-0.05, 0) is 60.5 Å². The Bertz CT molecular complexity index is 2610. The monoisotopic (exact) mass is 1010 g/mol. The highest BCUT2D eigenvalue weighted by Crippen LogP contribution is 2.35. The van der Waals surface area contributed by atoms with Gasteiger partial charge in [-0.15, -0.1) is 0 Å². The lowest BCUT2D eigenvalue weighted by atomic mass is 9.87. The number of fused-ring (bicyclic) bond motifs is 2. The Balaban J connectivity index is 0.000000174. The van der Waals surface area contributed by atoms with Gasteiger partial charge in [0.05, 0.1) is 51.3 Å². The molecule has 2 aliphatic heterocycles. The SMILES string of the molecule is CC1(C)CN(C(=O)OCc2ccccc2)CC1N.CC1(C)CN(C(=O)OCc2ccccc2)CC1Nc1c(C(N)=O)cnn2cc(Br)cc12.NC(=O)c1cnn2cc(Br)cc2c1Cl. The molecule has 0 aliphatic carbocycles. The molecule has 6 aromatic rings. The van der Waals surface area contributed by atoms with Crippen LogP contribution in [0.15, 0.2) is 107 Å². The highest BCUT2D eigenvalue weighted by Gasteiger charge is 2.43. The van der Waals surface area contributed by atoms with Crippen LogP contribution in [0.25, 0.3) is 11.0 Å². The van der Waals surface area contributed by atoms with Crippen LogP contribution in [0.2, 0.25) is 5.02 Å². The number of carbonyl (C=O) groups is 4. The lowest BCUT2D eigenvalue weighted by Gasteiger charge is -2.27. The predicted molar refractivity (Wildman–Crippen MR) is 247 cm³/mol. The summed E-state index contributed by atoms with van der Waals surface area (Å²) in [6.45, 7) is 11.0. The van der Waals surface area contributed by atoms with Crippen LogP contribution < -0.4 is 22.5 Å². The standard InChI is InChI=1S/C22H24BrN5O3.C14H20N2O2.C8H5BrClN3O/c1-22(2)13-27(21(30)31-12-14-6-4-3-5-7-14)11-18(22)26-19-16(20(24)29)9-25-28-10-15(23)8-17(19)28;1-14(2)10-16(8-12(14)15)13(17)18-9-11-6-4-3-5-7-11;9-4-1-6-7(10)5(8(11)14)2-12-13(6)3-4/h3-10,18,26H,11-13H2,1-2H3,(H2,24,29);3-7,12H,8-10,15H2,1-2H3;1-3H,(H2,11,14). The first-order valence-corrected chi connectivity index (χ1v) is 21.8. The number of nitrogens with one attached hydrogen (secondary N) is 1. The minimum Gasteiger partial charge on any atom is -0.445 e. The van der Waals surface area contributed by atoms with Crippen LogP contribution >= 0.6 is 43.5 Å². The first-order valence-electron chi connectivity index (χ1n) is 19.8. The van der Waals surface area contributed by atoms with Crippen LogP contribution in [0.3, 0.4) is 0 Å². The van der Waals surface area contributed by atoms with Gasteiger partial charge in [0, 0.05) is 59.0 Å². The largest absolute Gasteiger partial charge is 0.445 e. The molecule has 4 aromatic heterocycles. The summed E-state index contributed by atoms with van der Waals surface area (Å²) in [6, 6.07) is 22.8. The number of benzene rings is 2. The Labute approximate surface area is 386 Å². The molecule has 19 heteroatoms. The molecule has 0 saturated carbocycles. The minimum absolute atomic E-state index is 0.0155. The molecule has 0 bridgehead atoms. The van der Waals surface area contributed by atoms with Crippen LogP contribution in [0.4, 0.5) is 15.3 Å². The summed E-state index contributed by atoms with van der Waals surface area (Å²) in [4.78, 5) is 50.9. The van der Waals surface area contributed by atoms with Crippen LogP contribution in [-0.2, 0) is 22.7 Å². The predicted octanol–water partition coefficient (Wildman–Crippen LogP) is 7.50. The third kappa shape index (κ3) is 11.5. The average Bonchev–Trinajstić information content (AvgIpc) is 3.98. The number of likely N-dealkylation sites (tertiary alicyclic amines) is 2. The number of anilines is 1. The second-order valence-electron chi connectivity index (χ2n) is 16.6. The van der Waals surface area contributed by atoms with Crippen molar-refractivity contribution < 1.29 is 28.7 Å². The van der Waals surface area contributed by atoms with E-state index in [0.29, 0.717) is 54.6 Å². The Morgan fingerprint density at radius 2 is 1.19 bits per heavy atom. The van der Waals surface area contributed by atoms with E-state index in [0.717, 1.165) is 25.6 Å². The maximum Gasteiger partial charge on any atom is 0.410 e. The van der Waals surface area contributed by atoms with Gasteiger partial charge in [-0.1, -0.05) is 100.0 Å². The number of hydrogen-bond acceptors (Lipinski definition) is 10. The third-order valence-electron chi connectivity index (χ3n) is 10.9. The molecule has 8 rings (SSSR count). The summed E-state index contributed by atoms with van der Waals surface area (Å²) in [5, 5.41) is 12.0. The lowest BCUT2D eigenvalue weighted by molar-refractivity contribution is 0.0991. The molecule has 2 fully saturated rings. The van der Waals surface area contributed by atoms with E-state index in [1.54, 1.807) is 37.3 Å². The molecule has 2 aromatic carbocycles. The highest BCUT2D eigenvalue weighted by molar-refractivity contribution is 9.10. The maximum atomic E-state index is 12.7. The zero-order valence-electron chi connectivity index (χ0n) is 35.1. The van der Waals surface area contributed by atoms with E-state index in [-0.39, 0.29) is 47.3 Å². The van der Waals surface area contributed by atoms with Crippen molar-refractivity contribution in [2.75, 3.05) is 31.5 Å². The van der Waals surface area contributed by atoms with E-state index in [4.69, 9.17) is 38.3 Å². The van der Waals surface area contributed by atoms with E-state index in [1.165, 1.54) is 12.4 Å². The molecule has 2 unspecified atom stereocenters. The van der Waals surface area contributed by atoms with Crippen molar-refractivity contribution in [3.05, 3.63) is 134 Å². The van der Waals surface area contributed by atoms with Crippen molar-refractivity contribution in [2.24, 2.45) is 28.0 Å². The van der Waals surface area contributed by atoms with Crippen LogP contribution in [-0.4, -0.2) is 91.3 Å². The molecule has 2 aliphatic rings. The van der Waals surface area contributed by atoms with Crippen LogP contribution in [0, 0.1) is 10.8 Å². The number of carbonyl (C=O) groups excluding carboxylic acids is 4. The van der Waals surface area contributed by atoms with Gasteiger partial charge in [0.25, 0.3) is 11.8 Å². The van der Waals surface area contributed by atoms with Gasteiger partial charge in [-0.3, -0.25) is 9.59 Å². The quantitative estimate of drug-likeness (QED) is 0.118. The molecule has 332 valence electrons. The Kier molecular flexibility index (Phi) is 14.7. The van der Waals surface area contributed by atoms with Gasteiger partial charge in [-0.25, -0.2) is 18.6 Å². The summed E-state index contributed by atoms with van der Waals surface area (Å²) in [5.74, 6) is -1.15. The van der Waals surface area contributed by atoms with Crippen molar-refractivity contribution in [3.63, 3.8) is 0 Å². The molecule has 4 amide bonds. The van der Waals surface area contributed by atoms with E-state index in [2.05, 4.69) is 75.1 Å². The summed E-state index contributed by atoms with van der Waals surface area (Å²) in [5.41, 5.74) is 20.9. The number of primary amides is 2. The lowest BCUT2D eigenvalue weighted by Crippen LogP contribution is -2.36. The fraction of sp³-hybridized carbons (Fsp3) is 0.318. The molecule has 2 saturated heterocycles. The molecule has 0 radical (unpaired) electrons. The first-order chi connectivity index (χ1) is 29.8. The maximum absolute atomic E-state index is 12.7. The van der Waals surface area contributed by atoms with Gasteiger partial charge in [0.15, 0.2) is 0 Å². The van der Waals surface area contributed by atoms with Crippen molar-refractivity contribution in [3.8, 4) is 0 Å². The van der Waals surface area contributed by atoms with Crippen LogP contribution in [0.1, 0.15) is 59.5 Å². The molecular weight excluding hydrogens is 960 g/mol. The zero-order valence-corrected chi connectivity index (χ0v) is 39.1. The number of nitrogens with zero attached hydrogens (tertiary/aromatic N) is 6.